The number of nitrogens with zero attached hydrogens (tertiary/aromatic N) is 2. The maximum atomic E-state index is 5.39. The van der Waals surface area contributed by atoms with Crippen LogP contribution in [0.1, 0.15) is 18.7 Å². The molecule has 1 aromatic carbocycles. The van der Waals surface area contributed by atoms with Crippen molar-refractivity contribution in [1.29, 1.82) is 0 Å². The van der Waals surface area contributed by atoms with Crippen LogP contribution < -0.4 is 5.32 Å². The Morgan fingerprint density at radius 1 is 1.25 bits per heavy atom. The molecule has 106 valence electrons. The summed E-state index contributed by atoms with van der Waals surface area (Å²) in [7, 11) is 0. The topological polar surface area (TPSA) is 51.0 Å². The molecule has 0 bridgehead atoms. The average molecular weight is 289 g/mol. The van der Waals surface area contributed by atoms with Gasteiger partial charge in [0.25, 0.3) is 0 Å². The molecular weight excluding hydrogens is 270 g/mol. The van der Waals surface area contributed by atoms with Gasteiger partial charge in [-0.05, 0) is 62.4 Å². The van der Waals surface area contributed by atoms with Gasteiger partial charge in [0.15, 0.2) is 0 Å². The molecule has 1 aliphatic heterocycles. The lowest BCUT2D eigenvalue weighted by Crippen LogP contribution is -2.28. The molecule has 1 N–H and O–H groups in total. The number of rotatable bonds is 4. The number of piperidine rings is 1. The number of nitrogens with one attached hydrogen (secondary N) is 1. The van der Waals surface area contributed by atoms with Crippen molar-refractivity contribution in [3.05, 3.63) is 30.2 Å². The minimum absolute atomic E-state index is 0.670. The summed E-state index contributed by atoms with van der Waals surface area (Å²) in [6.45, 7) is 2.20. The van der Waals surface area contributed by atoms with Crippen LogP contribution in [0.25, 0.3) is 11.4 Å². The zero-order chi connectivity index (χ0) is 13.8. The van der Waals surface area contributed by atoms with Crippen molar-refractivity contribution < 1.29 is 4.52 Å². The van der Waals surface area contributed by atoms with Crippen LogP contribution in [0.4, 0.5) is 0 Å². The quantitative estimate of drug-likeness (QED) is 0.877. The zero-order valence-electron chi connectivity index (χ0n) is 11.6. The molecule has 1 fully saturated rings. The third-order valence-corrected chi connectivity index (χ3v) is 4.48. The van der Waals surface area contributed by atoms with Crippen molar-refractivity contribution in [1.82, 2.24) is 15.5 Å². The van der Waals surface area contributed by atoms with Gasteiger partial charge >= 0.3 is 0 Å². The molecule has 4 nitrogen and oxygen atoms in total. The fourth-order valence-corrected chi connectivity index (χ4v) is 2.94. The van der Waals surface area contributed by atoms with Crippen molar-refractivity contribution in [2.24, 2.45) is 5.92 Å². The lowest BCUT2D eigenvalue weighted by molar-refractivity contribution is 0.313. The van der Waals surface area contributed by atoms with Crippen LogP contribution >= 0.6 is 11.8 Å². The largest absolute Gasteiger partial charge is 0.339 e. The van der Waals surface area contributed by atoms with E-state index < -0.39 is 0 Å². The molecule has 5 heteroatoms. The van der Waals surface area contributed by atoms with Crippen LogP contribution in [-0.4, -0.2) is 29.5 Å². The molecule has 0 spiro atoms. The first-order chi connectivity index (χ1) is 9.85. The van der Waals surface area contributed by atoms with Crippen molar-refractivity contribution >= 4 is 11.8 Å². The molecular formula is C15H19N3OS. The van der Waals surface area contributed by atoms with E-state index in [1.54, 1.807) is 11.8 Å². The Labute approximate surface area is 123 Å². The fourth-order valence-electron chi connectivity index (χ4n) is 2.53. The summed E-state index contributed by atoms with van der Waals surface area (Å²) in [6.07, 6.45) is 5.36. The van der Waals surface area contributed by atoms with Crippen LogP contribution in [0.5, 0.6) is 0 Å². The van der Waals surface area contributed by atoms with Crippen molar-refractivity contribution in [2.45, 2.75) is 24.2 Å². The maximum Gasteiger partial charge on any atom is 0.227 e. The van der Waals surface area contributed by atoms with Gasteiger partial charge in [0, 0.05) is 16.9 Å². The molecule has 1 aromatic heterocycles. The van der Waals surface area contributed by atoms with Gasteiger partial charge < -0.3 is 9.84 Å². The van der Waals surface area contributed by atoms with Crippen molar-refractivity contribution in [3.8, 4) is 11.4 Å². The summed E-state index contributed by atoms with van der Waals surface area (Å²) in [5, 5.41) is 7.47. The molecule has 0 aliphatic carbocycles. The van der Waals surface area contributed by atoms with E-state index >= 15 is 0 Å². The van der Waals surface area contributed by atoms with Crippen LogP contribution in [0, 0.1) is 5.92 Å². The fraction of sp³-hybridized carbons (Fsp3) is 0.467. The Kier molecular flexibility index (Phi) is 4.38. The van der Waals surface area contributed by atoms with Crippen LogP contribution in [0.3, 0.4) is 0 Å². The number of aromatic nitrogens is 2. The van der Waals surface area contributed by atoms with E-state index in [1.807, 2.05) is 12.1 Å². The summed E-state index contributed by atoms with van der Waals surface area (Å²) in [5.74, 6) is 2.13. The Morgan fingerprint density at radius 3 is 2.70 bits per heavy atom. The highest BCUT2D eigenvalue weighted by Crippen LogP contribution is 2.22. The SMILES string of the molecule is CSc1ccc(-c2noc(CC3CCNCC3)n2)cc1. The highest BCUT2D eigenvalue weighted by Gasteiger charge is 2.17. The van der Waals surface area contributed by atoms with Crippen LogP contribution in [-0.2, 0) is 6.42 Å². The van der Waals surface area contributed by atoms with Gasteiger partial charge in [-0.15, -0.1) is 11.8 Å². The van der Waals surface area contributed by atoms with Gasteiger partial charge in [-0.25, -0.2) is 0 Å². The van der Waals surface area contributed by atoms with Crippen molar-refractivity contribution in [2.75, 3.05) is 19.3 Å². The number of thioether (sulfide) groups is 1. The van der Waals surface area contributed by atoms with E-state index in [2.05, 4.69) is 33.8 Å². The summed E-state index contributed by atoms with van der Waals surface area (Å²) in [5.41, 5.74) is 1.02. The first kappa shape index (κ1) is 13.6. The zero-order valence-corrected chi connectivity index (χ0v) is 12.4. The lowest BCUT2D eigenvalue weighted by atomic mass is 9.95. The maximum absolute atomic E-state index is 5.39. The molecule has 0 saturated carbocycles. The Morgan fingerprint density at radius 2 is 2.00 bits per heavy atom. The van der Waals surface area contributed by atoms with Gasteiger partial charge in [-0.1, -0.05) is 5.16 Å². The smallest absolute Gasteiger partial charge is 0.227 e. The molecule has 0 radical (unpaired) electrons. The van der Waals surface area contributed by atoms with Gasteiger partial charge in [0.05, 0.1) is 0 Å². The summed E-state index contributed by atoms with van der Waals surface area (Å²) in [4.78, 5) is 5.77. The van der Waals surface area contributed by atoms with Crippen LogP contribution in [0.15, 0.2) is 33.7 Å². The Balaban J connectivity index is 1.68. The highest BCUT2D eigenvalue weighted by atomic mass is 32.2. The second-order valence-electron chi connectivity index (χ2n) is 5.14. The third-order valence-electron chi connectivity index (χ3n) is 3.74. The van der Waals surface area contributed by atoms with E-state index in [9.17, 15) is 0 Å². The monoisotopic (exact) mass is 289 g/mol. The van der Waals surface area contributed by atoms with Gasteiger partial charge in [-0.3, -0.25) is 0 Å². The number of hydrogen-bond acceptors (Lipinski definition) is 5. The van der Waals surface area contributed by atoms with Gasteiger partial charge in [-0.2, -0.15) is 4.98 Å². The molecule has 0 atom stereocenters. The first-order valence-electron chi connectivity index (χ1n) is 7.03. The molecule has 1 saturated heterocycles. The second kappa shape index (κ2) is 6.41. The highest BCUT2D eigenvalue weighted by molar-refractivity contribution is 7.98. The van der Waals surface area contributed by atoms with Crippen molar-refractivity contribution in [3.63, 3.8) is 0 Å². The summed E-state index contributed by atoms with van der Waals surface area (Å²) >= 11 is 1.73. The second-order valence-corrected chi connectivity index (χ2v) is 6.02. The minimum Gasteiger partial charge on any atom is -0.339 e. The average Bonchev–Trinajstić information content (AvgIpc) is 2.97. The van der Waals surface area contributed by atoms with E-state index in [0.717, 1.165) is 31.0 Å². The predicted octanol–water partition coefficient (Wildman–Crippen LogP) is 3.00. The molecule has 20 heavy (non-hydrogen) atoms. The van der Waals surface area contributed by atoms with E-state index in [-0.39, 0.29) is 0 Å². The summed E-state index contributed by atoms with van der Waals surface area (Å²) < 4.78 is 5.39. The Hall–Kier alpha value is -1.33. The molecule has 3 rings (SSSR count). The molecule has 2 aromatic rings. The van der Waals surface area contributed by atoms with Gasteiger partial charge in [0.1, 0.15) is 0 Å². The minimum atomic E-state index is 0.670. The summed E-state index contributed by atoms with van der Waals surface area (Å²) in [6, 6.07) is 8.27. The number of benzene rings is 1. The third kappa shape index (κ3) is 3.22. The van der Waals surface area contributed by atoms with E-state index in [1.165, 1.54) is 17.7 Å². The first-order valence-corrected chi connectivity index (χ1v) is 8.25. The Bertz CT molecular complexity index is 547. The molecule has 1 aliphatic rings. The lowest BCUT2D eigenvalue weighted by Gasteiger charge is -2.20. The van der Waals surface area contributed by atoms with Crippen LogP contribution in [0.2, 0.25) is 0 Å². The molecule has 0 unspecified atom stereocenters. The standard InChI is InChI=1S/C15H19N3OS/c1-20-13-4-2-12(3-5-13)15-17-14(19-18-15)10-11-6-8-16-9-7-11/h2-5,11,16H,6-10H2,1H3. The number of hydrogen-bond donors (Lipinski definition) is 1. The molecule has 2 heterocycles. The normalized spacial score (nSPS) is 16.4. The molecule has 0 amide bonds. The van der Waals surface area contributed by atoms with Gasteiger partial charge in [0.2, 0.25) is 11.7 Å². The van der Waals surface area contributed by atoms with E-state index in [0.29, 0.717) is 11.7 Å². The predicted molar refractivity (Wildman–Crippen MR) is 80.8 cm³/mol. The van der Waals surface area contributed by atoms with E-state index in [4.69, 9.17) is 4.52 Å².